The van der Waals surface area contributed by atoms with Crippen molar-refractivity contribution < 1.29 is 9.90 Å². The van der Waals surface area contributed by atoms with Crippen molar-refractivity contribution in [3.8, 4) is 0 Å². The largest absolute Gasteiger partial charge is 0.478 e. The second kappa shape index (κ2) is 5.99. The van der Waals surface area contributed by atoms with Crippen LogP contribution in [0.3, 0.4) is 0 Å². The van der Waals surface area contributed by atoms with Crippen LogP contribution < -0.4 is 5.73 Å². The smallest absolute Gasteiger partial charge is 0.338 e. The van der Waals surface area contributed by atoms with Gasteiger partial charge in [0.05, 0.1) is 5.56 Å². The number of hydrogen-bond acceptors (Lipinski definition) is 3. The lowest BCUT2D eigenvalue weighted by molar-refractivity contribution is 0.0697. The molecule has 2 rings (SSSR count). The van der Waals surface area contributed by atoms with Crippen LogP contribution in [0.25, 0.3) is 0 Å². The third kappa shape index (κ3) is 3.43. The van der Waals surface area contributed by atoms with Crippen molar-refractivity contribution in [2.24, 2.45) is 0 Å². The van der Waals surface area contributed by atoms with Crippen molar-refractivity contribution in [2.75, 3.05) is 5.73 Å². The van der Waals surface area contributed by atoms with E-state index < -0.39 is 5.97 Å². The Bertz CT molecular complexity index is 599. The van der Waals surface area contributed by atoms with E-state index in [0.717, 1.165) is 4.90 Å². The number of aromatic carboxylic acids is 1. The SMILES string of the molecule is Nc1cccc(CSc2ccc(Cl)cc2)c1C(=O)O. The minimum atomic E-state index is -0.996. The summed E-state index contributed by atoms with van der Waals surface area (Å²) in [5, 5.41) is 9.85. The maximum absolute atomic E-state index is 11.2. The quantitative estimate of drug-likeness (QED) is 0.662. The minimum absolute atomic E-state index is 0.184. The van der Waals surface area contributed by atoms with Crippen molar-refractivity contribution in [1.29, 1.82) is 0 Å². The molecule has 0 amide bonds. The van der Waals surface area contributed by atoms with Crippen LogP contribution in [0, 0.1) is 0 Å². The van der Waals surface area contributed by atoms with Crippen molar-refractivity contribution >= 4 is 35.0 Å². The monoisotopic (exact) mass is 293 g/mol. The Morgan fingerprint density at radius 3 is 2.53 bits per heavy atom. The number of halogens is 1. The maximum Gasteiger partial charge on any atom is 0.338 e. The molecule has 19 heavy (non-hydrogen) atoms. The molecule has 0 unspecified atom stereocenters. The predicted octanol–water partition coefficient (Wildman–Crippen LogP) is 3.91. The van der Waals surface area contributed by atoms with Crippen LogP contribution in [0.4, 0.5) is 5.69 Å². The van der Waals surface area contributed by atoms with Gasteiger partial charge in [-0.3, -0.25) is 0 Å². The molecule has 0 saturated carbocycles. The van der Waals surface area contributed by atoms with Gasteiger partial charge in [-0.1, -0.05) is 23.7 Å². The first-order valence-corrected chi connectivity index (χ1v) is 6.93. The average Bonchev–Trinajstić information content (AvgIpc) is 2.37. The highest BCUT2D eigenvalue weighted by molar-refractivity contribution is 7.98. The van der Waals surface area contributed by atoms with E-state index in [4.69, 9.17) is 17.3 Å². The number of nitrogen functional groups attached to an aromatic ring is 1. The number of nitrogens with two attached hydrogens (primary N) is 1. The highest BCUT2D eigenvalue weighted by Gasteiger charge is 2.13. The highest BCUT2D eigenvalue weighted by atomic mass is 35.5. The van der Waals surface area contributed by atoms with Gasteiger partial charge in [0.1, 0.15) is 0 Å². The first-order valence-electron chi connectivity index (χ1n) is 5.57. The molecular formula is C14H12ClNO2S. The number of rotatable bonds is 4. The van der Waals surface area contributed by atoms with Gasteiger partial charge in [-0.05, 0) is 35.9 Å². The minimum Gasteiger partial charge on any atom is -0.478 e. The first-order chi connectivity index (χ1) is 9.08. The van der Waals surface area contributed by atoms with Crippen LogP contribution in [0.5, 0.6) is 0 Å². The van der Waals surface area contributed by atoms with E-state index in [-0.39, 0.29) is 5.56 Å². The van der Waals surface area contributed by atoms with Crippen molar-refractivity contribution in [2.45, 2.75) is 10.6 Å². The summed E-state index contributed by atoms with van der Waals surface area (Å²) in [6.07, 6.45) is 0. The second-order valence-corrected chi connectivity index (χ2v) is 5.41. The average molecular weight is 294 g/mol. The van der Waals surface area contributed by atoms with Crippen LogP contribution in [-0.4, -0.2) is 11.1 Å². The molecule has 0 bridgehead atoms. The summed E-state index contributed by atoms with van der Waals surface area (Å²) in [6.45, 7) is 0. The number of thioether (sulfide) groups is 1. The molecule has 0 radical (unpaired) electrons. The molecule has 0 aromatic heterocycles. The number of carbonyl (C=O) groups is 1. The van der Waals surface area contributed by atoms with Crippen LogP contribution in [-0.2, 0) is 5.75 Å². The molecule has 98 valence electrons. The Balaban J connectivity index is 2.18. The van der Waals surface area contributed by atoms with Gasteiger partial charge in [-0.2, -0.15) is 0 Å². The Morgan fingerprint density at radius 1 is 1.21 bits per heavy atom. The second-order valence-electron chi connectivity index (χ2n) is 3.93. The molecular weight excluding hydrogens is 282 g/mol. The molecule has 0 aliphatic heterocycles. The Morgan fingerprint density at radius 2 is 1.89 bits per heavy atom. The molecule has 0 fully saturated rings. The number of anilines is 1. The predicted molar refractivity (Wildman–Crippen MR) is 78.8 cm³/mol. The molecule has 0 aliphatic carbocycles. The molecule has 5 heteroatoms. The lowest BCUT2D eigenvalue weighted by atomic mass is 10.1. The fourth-order valence-corrected chi connectivity index (χ4v) is 2.71. The normalized spacial score (nSPS) is 10.4. The van der Waals surface area contributed by atoms with E-state index in [9.17, 15) is 9.90 Å². The Hall–Kier alpha value is -1.65. The summed E-state index contributed by atoms with van der Waals surface area (Å²) in [7, 11) is 0. The molecule has 2 aromatic carbocycles. The first kappa shape index (κ1) is 13.8. The number of hydrogen-bond donors (Lipinski definition) is 2. The van der Waals surface area contributed by atoms with Crippen molar-refractivity contribution in [3.63, 3.8) is 0 Å². The van der Waals surface area contributed by atoms with Gasteiger partial charge in [-0.15, -0.1) is 11.8 Å². The van der Waals surface area contributed by atoms with Gasteiger partial charge in [0, 0.05) is 21.4 Å². The van der Waals surface area contributed by atoms with Gasteiger partial charge in [-0.25, -0.2) is 4.79 Å². The zero-order valence-corrected chi connectivity index (χ0v) is 11.5. The zero-order valence-electron chi connectivity index (χ0n) is 9.97. The third-order valence-corrected chi connectivity index (χ3v) is 3.92. The standard InChI is InChI=1S/C14H12ClNO2S/c15-10-4-6-11(7-5-10)19-8-9-2-1-3-12(16)13(9)14(17)18/h1-7H,8,16H2,(H,17,18). The molecule has 0 saturated heterocycles. The maximum atomic E-state index is 11.2. The van der Waals surface area contributed by atoms with Gasteiger partial charge in [0.15, 0.2) is 0 Å². The van der Waals surface area contributed by atoms with E-state index >= 15 is 0 Å². The van der Waals surface area contributed by atoms with Crippen LogP contribution >= 0.6 is 23.4 Å². The summed E-state index contributed by atoms with van der Waals surface area (Å²) in [5.74, 6) is -0.446. The van der Waals surface area contributed by atoms with Crippen LogP contribution in [0.1, 0.15) is 15.9 Å². The summed E-state index contributed by atoms with van der Waals surface area (Å²) in [6, 6.07) is 12.6. The summed E-state index contributed by atoms with van der Waals surface area (Å²) in [5.41, 5.74) is 6.90. The lowest BCUT2D eigenvalue weighted by Gasteiger charge is -2.08. The third-order valence-electron chi connectivity index (χ3n) is 2.60. The number of benzene rings is 2. The molecule has 2 aromatic rings. The number of carboxylic acids is 1. The van der Waals surface area contributed by atoms with Crippen LogP contribution in [0.2, 0.25) is 5.02 Å². The summed E-state index contributed by atoms with van der Waals surface area (Å²) < 4.78 is 0. The van der Waals surface area contributed by atoms with E-state index in [0.29, 0.717) is 22.0 Å². The Labute approximate surface area is 120 Å². The summed E-state index contributed by atoms with van der Waals surface area (Å²) >= 11 is 7.36. The summed E-state index contributed by atoms with van der Waals surface area (Å²) in [4.78, 5) is 12.2. The molecule has 3 N–H and O–H groups in total. The Kier molecular flexibility index (Phi) is 4.35. The lowest BCUT2D eigenvalue weighted by Crippen LogP contribution is -2.06. The van der Waals surface area contributed by atoms with E-state index in [2.05, 4.69) is 0 Å². The highest BCUT2D eigenvalue weighted by Crippen LogP contribution is 2.27. The zero-order chi connectivity index (χ0) is 13.8. The van der Waals surface area contributed by atoms with E-state index in [1.165, 1.54) is 0 Å². The fourth-order valence-electron chi connectivity index (χ4n) is 1.69. The fraction of sp³-hybridized carbons (Fsp3) is 0.0714. The topological polar surface area (TPSA) is 63.3 Å². The van der Waals surface area contributed by atoms with Crippen molar-refractivity contribution in [1.82, 2.24) is 0 Å². The molecule has 0 aliphatic rings. The van der Waals surface area contributed by atoms with Crippen molar-refractivity contribution in [3.05, 3.63) is 58.6 Å². The van der Waals surface area contributed by atoms with E-state index in [1.54, 1.807) is 42.1 Å². The van der Waals surface area contributed by atoms with Gasteiger partial charge >= 0.3 is 5.97 Å². The van der Waals surface area contributed by atoms with Gasteiger partial charge < -0.3 is 10.8 Å². The number of carboxylic acid groups (broad SMARTS) is 1. The van der Waals surface area contributed by atoms with Gasteiger partial charge in [0.25, 0.3) is 0 Å². The molecule has 3 nitrogen and oxygen atoms in total. The molecule has 0 heterocycles. The molecule has 0 spiro atoms. The molecule has 0 atom stereocenters. The van der Waals surface area contributed by atoms with Crippen LogP contribution in [0.15, 0.2) is 47.4 Å². The van der Waals surface area contributed by atoms with Gasteiger partial charge in [0.2, 0.25) is 0 Å². The van der Waals surface area contributed by atoms with E-state index in [1.807, 2.05) is 12.1 Å².